The van der Waals surface area contributed by atoms with Crippen molar-refractivity contribution in [1.82, 2.24) is 4.90 Å². The molecule has 0 aliphatic carbocycles. The molecule has 2 aromatic rings. The highest BCUT2D eigenvalue weighted by Gasteiger charge is 2.33. The second-order valence-corrected chi connectivity index (χ2v) is 9.96. The zero-order chi connectivity index (χ0) is 27.3. The number of likely N-dealkylation sites (N-methyl/N-ethyl adjacent to an activating group) is 1. The van der Waals surface area contributed by atoms with Crippen molar-refractivity contribution >= 4 is 17.7 Å². The number of rotatable bonds is 12. The van der Waals surface area contributed by atoms with E-state index in [1.165, 1.54) is 11.9 Å². The van der Waals surface area contributed by atoms with Crippen molar-refractivity contribution in [2.24, 2.45) is 0 Å². The second kappa shape index (κ2) is 11.8. The Morgan fingerprint density at radius 2 is 1.31 bits per heavy atom. The monoisotopic (exact) mass is 496 g/mol. The number of carbonyl (C=O) groups is 3. The number of hydrogen-bond donors (Lipinski definition) is 1. The summed E-state index contributed by atoms with van der Waals surface area (Å²) in [4.78, 5) is 38.2. The minimum Gasteiger partial charge on any atom is -0.563 e. The summed E-state index contributed by atoms with van der Waals surface area (Å²) in [5, 5.41) is 17.8. The molecule has 6 heteroatoms. The first-order valence-electron chi connectivity index (χ1n) is 12.9. The summed E-state index contributed by atoms with van der Waals surface area (Å²) in [5.74, 6) is -1.13. The Kier molecular flexibility index (Phi) is 9.61. The van der Waals surface area contributed by atoms with E-state index >= 15 is 0 Å². The molecule has 3 N–H and O–H groups in total. The van der Waals surface area contributed by atoms with Crippen molar-refractivity contribution in [3.63, 3.8) is 0 Å². The Hall–Kier alpha value is -2.99. The van der Waals surface area contributed by atoms with Crippen LogP contribution in [0.3, 0.4) is 0 Å². The molecule has 2 aromatic carbocycles. The van der Waals surface area contributed by atoms with Gasteiger partial charge in [-0.15, -0.1) is 0 Å². The Morgan fingerprint density at radius 1 is 0.833 bits per heavy atom. The number of amides is 1. The van der Waals surface area contributed by atoms with Crippen LogP contribution in [0.25, 0.3) is 0 Å². The molecule has 0 atom stereocenters. The molecular weight excluding hydrogens is 454 g/mol. The summed E-state index contributed by atoms with van der Waals surface area (Å²) < 4.78 is 0. The molecule has 0 saturated carbocycles. The molecule has 0 aliphatic rings. The van der Waals surface area contributed by atoms with Crippen LogP contribution >= 0.6 is 0 Å². The van der Waals surface area contributed by atoms with Crippen molar-refractivity contribution in [1.29, 1.82) is 0 Å². The number of aliphatic hydroxyl groups is 1. The van der Waals surface area contributed by atoms with E-state index in [1.807, 2.05) is 52.0 Å². The van der Waals surface area contributed by atoms with Gasteiger partial charge in [-0.1, -0.05) is 58.0 Å². The van der Waals surface area contributed by atoms with E-state index in [4.69, 9.17) is 5.11 Å². The van der Waals surface area contributed by atoms with Crippen LogP contribution in [0.1, 0.15) is 103 Å². The number of nitrogens with zero attached hydrogens (tertiary/aromatic N) is 1. The van der Waals surface area contributed by atoms with Crippen LogP contribution in [0.5, 0.6) is 0 Å². The highest BCUT2D eigenvalue weighted by atomic mass is 16.4. The van der Waals surface area contributed by atoms with Crippen molar-refractivity contribution in [2.75, 3.05) is 13.6 Å². The van der Waals surface area contributed by atoms with Crippen molar-refractivity contribution in [2.45, 2.75) is 84.7 Å². The number of carbonyl (C=O) groups excluding carboxylic acids is 3. The summed E-state index contributed by atoms with van der Waals surface area (Å²) in [7, 11) is 1.53. The quantitative estimate of drug-likeness (QED) is 0.335. The smallest absolute Gasteiger partial charge is 0.535 e. The minimum atomic E-state index is -0.975. The Balaban J connectivity index is 2.46. The molecule has 0 unspecified atom stereocenters. The fraction of sp³-hybridized carbons (Fsp3) is 0.500. The molecule has 0 bridgehead atoms. The summed E-state index contributed by atoms with van der Waals surface area (Å²) in [6.07, 6.45) is 2.85. The number of Topliss-reactive ketones (excluding diaryl/α,β-unsaturated/α-hetero) is 1. The number of hydrogen-bond acceptors (Lipinski definition) is 4. The highest BCUT2D eigenvalue weighted by molar-refractivity contribution is 5.98. The van der Waals surface area contributed by atoms with E-state index in [1.54, 1.807) is 6.07 Å². The predicted octanol–water partition coefficient (Wildman–Crippen LogP) is 4.86. The lowest BCUT2D eigenvalue weighted by Crippen LogP contribution is -2.32. The molecule has 0 saturated heterocycles. The molecule has 36 heavy (non-hydrogen) atoms. The van der Waals surface area contributed by atoms with Gasteiger partial charge in [-0.25, -0.2) is 0 Å². The summed E-state index contributed by atoms with van der Waals surface area (Å²) in [5.41, 5.74) is 3.79. The molecule has 0 radical (unpaired) electrons. The summed E-state index contributed by atoms with van der Waals surface area (Å²) in [6.45, 7) is 11.7. The van der Waals surface area contributed by atoms with Gasteiger partial charge in [-0.2, -0.15) is 0 Å². The van der Waals surface area contributed by atoms with Gasteiger partial charge in [-0.05, 0) is 67.9 Å². The molecule has 6 nitrogen and oxygen atoms in total. The normalized spacial score (nSPS) is 11.9. The van der Waals surface area contributed by atoms with E-state index in [0.29, 0.717) is 24.0 Å². The lowest BCUT2D eigenvalue weighted by Gasteiger charge is -2.34. The van der Waals surface area contributed by atoms with Gasteiger partial charge in [0.05, 0.1) is 5.60 Å². The van der Waals surface area contributed by atoms with E-state index in [9.17, 15) is 19.5 Å². The third-order valence-electron chi connectivity index (χ3n) is 7.83. The number of ketones is 1. The van der Waals surface area contributed by atoms with Crippen LogP contribution in [-0.2, 0) is 10.2 Å². The van der Waals surface area contributed by atoms with Gasteiger partial charge < -0.3 is 15.1 Å². The summed E-state index contributed by atoms with van der Waals surface area (Å²) in [6, 6.07) is 11.8. The van der Waals surface area contributed by atoms with E-state index in [-0.39, 0.29) is 30.1 Å². The fourth-order valence-corrected chi connectivity index (χ4v) is 5.10. The van der Waals surface area contributed by atoms with Crippen LogP contribution in [0.2, 0.25) is 0 Å². The molecule has 0 fully saturated rings. The van der Waals surface area contributed by atoms with Crippen LogP contribution in [-0.4, -0.2) is 52.0 Å². The molecule has 1 amide bonds. The molecule has 0 aromatic heterocycles. The van der Waals surface area contributed by atoms with Crippen LogP contribution in [0.4, 0.5) is 0 Å². The van der Waals surface area contributed by atoms with Crippen molar-refractivity contribution < 1.29 is 24.6 Å². The Morgan fingerprint density at radius 3 is 1.69 bits per heavy atom. The average molecular weight is 497 g/mol. The maximum atomic E-state index is 13.0. The molecular formula is C30H42NO5+. The first-order chi connectivity index (χ1) is 16.9. The van der Waals surface area contributed by atoms with Gasteiger partial charge in [0, 0.05) is 34.8 Å². The Labute approximate surface area is 215 Å². The number of aryl methyl sites for hydroxylation is 2. The zero-order valence-corrected chi connectivity index (χ0v) is 22.8. The van der Waals surface area contributed by atoms with Crippen LogP contribution in [0.15, 0.2) is 36.4 Å². The van der Waals surface area contributed by atoms with Gasteiger partial charge in [0.15, 0.2) is 12.3 Å². The van der Waals surface area contributed by atoms with E-state index in [2.05, 4.69) is 19.9 Å². The van der Waals surface area contributed by atoms with Gasteiger partial charge in [-0.3, -0.25) is 9.59 Å². The predicted molar refractivity (Wildman–Crippen MR) is 144 cm³/mol. The second-order valence-electron chi connectivity index (χ2n) is 9.96. The third-order valence-corrected chi connectivity index (χ3v) is 7.83. The largest absolute Gasteiger partial charge is 0.563 e. The summed E-state index contributed by atoms with van der Waals surface area (Å²) >= 11 is 0. The average Bonchev–Trinajstić information content (AvgIpc) is 2.84. The number of benzene rings is 2. The highest BCUT2D eigenvalue weighted by Crippen LogP contribution is 2.40. The Bertz CT molecular complexity index is 1110. The zero-order valence-electron chi connectivity index (χ0n) is 22.8. The lowest BCUT2D eigenvalue weighted by atomic mass is 9.69. The first kappa shape index (κ1) is 29.2. The molecule has 0 spiro atoms. The molecule has 0 aliphatic heterocycles. The van der Waals surface area contributed by atoms with E-state index in [0.717, 1.165) is 35.1 Å². The van der Waals surface area contributed by atoms with Crippen molar-refractivity contribution in [3.8, 4) is 0 Å². The lowest BCUT2D eigenvalue weighted by molar-refractivity contribution is -0.137. The first-order valence-corrected chi connectivity index (χ1v) is 12.9. The SMILES string of the molecule is CCC(O)(CC)CC(=O)c1ccc(C(CC)(CC)c2ccc(C(=O)N(C)CC(=O)[OH2+])c(C)c2)cc1C. The minimum absolute atomic E-state index is 0.0437. The standard InChI is InChI=1S/C30H41NO5/c1-8-29(36,9-2)18-26(32)24-14-12-22(16-20(24)5)30(10-3,11-4)23-13-15-25(21(6)17-23)28(35)31(7)19-27(33)34/h12-17,36H,8-11,18-19H2,1-7H3,(H,33,34)/p+1. The topological polar surface area (TPSA) is 97.6 Å². The maximum Gasteiger partial charge on any atom is 0.535 e. The van der Waals surface area contributed by atoms with Gasteiger partial charge in [0.25, 0.3) is 5.91 Å². The molecule has 0 heterocycles. The third kappa shape index (κ3) is 6.04. The molecule has 2 rings (SSSR count). The van der Waals surface area contributed by atoms with Crippen LogP contribution in [0, 0.1) is 13.8 Å². The molecule has 196 valence electrons. The van der Waals surface area contributed by atoms with Gasteiger partial charge in [0.2, 0.25) is 0 Å². The van der Waals surface area contributed by atoms with E-state index < -0.39 is 11.6 Å². The fourth-order valence-electron chi connectivity index (χ4n) is 5.10. The van der Waals surface area contributed by atoms with Gasteiger partial charge in [0.1, 0.15) is 0 Å². The maximum absolute atomic E-state index is 13.0. The van der Waals surface area contributed by atoms with Gasteiger partial charge >= 0.3 is 5.97 Å². The van der Waals surface area contributed by atoms with Crippen molar-refractivity contribution in [3.05, 3.63) is 69.8 Å². The van der Waals surface area contributed by atoms with Crippen LogP contribution < -0.4 is 0 Å².